The number of hydrogen-bond donors (Lipinski definition) is 0. The Hall–Kier alpha value is -7.68. The van der Waals surface area contributed by atoms with Gasteiger partial charge in [-0.1, -0.05) is 158 Å². The van der Waals surface area contributed by atoms with Gasteiger partial charge in [0.05, 0.1) is 5.41 Å². The summed E-state index contributed by atoms with van der Waals surface area (Å²) in [7, 11) is 0. The first kappa shape index (κ1) is 32.4. The van der Waals surface area contributed by atoms with Gasteiger partial charge in [0.25, 0.3) is 0 Å². The van der Waals surface area contributed by atoms with E-state index >= 15 is 0 Å². The van der Waals surface area contributed by atoms with Gasteiger partial charge >= 0.3 is 0 Å². The van der Waals surface area contributed by atoms with Crippen LogP contribution in [0.15, 0.2) is 211 Å². The fourth-order valence-electron chi connectivity index (χ4n) is 10.4. The molecule has 10 aromatic carbocycles. The van der Waals surface area contributed by atoms with Crippen LogP contribution in [0.1, 0.15) is 22.3 Å². The van der Waals surface area contributed by atoms with E-state index in [-0.39, 0.29) is 0 Å². The lowest BCUT2D eigenvalue weighted by Crippen LogP contribution is -2.28. The number of hydrogen-bond acceptors (Lipinski definition) is 2. The molecule has 0 bridgehead atoms. The minimum absolute atomic E-state index is 0.586. The monoisotopic (exact) mass is 750 g/mol. The number of benzene rings is 10. The van der Waals surface area contributed by atoms with Gasteiger partial charge in [-0.2, -0.15) is 0 Å². The maximum Gasteiger partial charge on any atom is 0.135 e. The molecule has 11 aromatic rings. The molecular formula is C57H34O2. The lowest BCUT2D eigenvalue weighted by Gasteiger charge is -2.35. The largest absolute Gasteiger partial charge is 0.456 e. The van der Waals surface area contributed by atoms with Gasteiger partial charge in [-0.3, -0.25) is 0 Å². The molecular weight excluding hydrogens is 717 g/mol. The molecule has 0 saturated carbocycles. The topological polar surface area (TPSA) is 22.4 Å². The Bertz CT molecular complexity index is 3480. The van der Waals surface area contributed by atoms with E-state index in [0.29, 0.717) is 0 Å². The predicted octanol–water partition coefficient (Wildman–Crippen LogP) is 15.4. The minimum Gasteiger partial charge on any atom is -0.456 e. The molecule has 1 aromatic heterocycles. The van der Waals surface area contributed by atoms with Crippen molar-refractivity contribution in [3.05, 3.63) is 229 Å². The normalized spacial score (nSPS) is 13.4. The molecule has 0 fully saturated rings. The predicted molar refractivity (Wildman–Crippen MR) is 242 cm³/mol. The quantitative estimate of drug-likeness (QED) is 0.179. The van der Waals surface area contributed by atoms with Crippen LogP contribution in [0.4, 0.5) is 0 Å². The average molecular weight is 751 g/mol. The van der Waals surface area contributed by atoms with Crippen molar-refractivity contribution >= 4 is 43.5 Å². The third kappa shape index (κ3) is 4.51. The summed E-state index contributed by atoms with van der Waals surface area (Å²) >= 11 is 0. The lowest BCUT2D eigenvalue weighted by atomic mass is 9.66. The fourth-order valence-corrected chi connectivity index (χ4v) is 10.4. The Labute approximate surface area is 341 Å². The van der Waals surface area contributed by atoms with Crippen LogP contribution < -0.4 is 4.74 Å². The summed E-state index contributed by atoms with van der Waals surface area (Å²) in [6, 6.07) is 75.4. The Kier molecular flexibility index (Phi) is 6.68. The average Bonchev–Trinajstić information content (AvgIpc) is 3.83. The number of rotatable bonds is 4. The van der Waals surface area contributed by atoms with Crippen LogP contribution in [0.25, 0.3) is 88.0 Å². The molecule has 0 atom stereocenters. The molecule has 1 aliphatic carbocycles. The lowest BCUT2D eigenvalue weighted by molar-refractivity contribution is 0.487. The minimum atomic E-state index is -0.586. The SMILES string of the molecule is c1ccc(C2(c3ccccc3)c3ccccc3-c3c(-c4ccc5oc6ccccc6c5c4)cc4ccc(-c5ccc6c(c5)-c5cccc7cccc(c57)O6)cc4c32)cc1. The molecule has 0 spiro atoms. The van der Waals surface area contributed by atoms with Gasteiger partial charge in [-0.25, -0.2) is 0 Å². The molecule has 59 heavy (non-hydrogen) atoms. The Morgan fingerprint density at radius 3 is 1.86 bits per heavy atom. The van der Waals surface area contributed by atoms with Crippen molar-refractivity contribution in [2.45, 2.75) is 5.41 Å². The maximum absolute atomic E-state index is 6.53. The van der Waals surface area contributed by atoms with Crippen LogP contribution in [-0.2, 0) is 5.41 Å². The molecule has 0 radical (unpaired) electrons. The molecule has 0 amide bonds. The number of fused-ring (bicyclic) bond motifs is 10. The van der Waals surface area contributed by atoms with Crippen LogP contribution in [0, 0.1) is 0 Å². The van der Waals surface area contributed by atoms with E-state index in [4.69, 9.17) is 9.15 Å². The highest BCUT2D eigenvalue weighted by Gasteiger charge is 2.48. The van der Waals surface area contributed by atoms with Crippen molar-refractivity contribution in [2.75, 3.05) is 0 Å². The van der Waals surface area contributed by atoms with E-state index in [9.17, 15) is 0 Å². The molecule has 274 valence electrons. The van der Waals surface area contributed by atoms with E-state index in [1.807, 2.05) is 6.07 Å². The first-order valence-corrected chi connectivity index (χ1v) is 20.3. The second-order valence-corrected chi connectivity index (χ2v) is 15.9. The molecule has 2 nitrogen and oxygen atoms in total. The van der Waals surface area contributed by atoms with Crippen molar-refractivity contribution in [3.63, 3.8) is 0 Å². The Morgan fingerprint density at radius 2 is 1.02 bits per heavy atom. The summed E-state index contributed by atoms with van der Waals surface area (Å²) in [5.41, 5.74) is 15.9. The van der Waals surface area contributed by atoms with E-state index in [1.54, 1.807) is 0 Å². The third-order valence-electron chi connectivity index (χ3n) is 12.9. The van der Waals surface area contributed by atoms with Crippen LogP contribution in [-0.4, -0.2) is 0 Å². The molecule has 0 saturated heterocycles. The van der Waals surface area contributed by atoms with E-state index < -0.39 is 5.41 Å². The second kappa shape index (κ2) is 12.2. The summed E-state index contributed by atoms with van der Waals surface area (Å²) in [6.07, 6.45) is 0. The van der Waals surface area contributed by atoms with Crippen LogP contribution in [0.2, 0.25) is 0 Å². The van der Waals surface area contributed by atoms with E-state index in [1.165, 1.54) is 77.2 Å². The summed E-state index contributed by atoms with van der Waals surface area (Å²) in [6.45, 7) is 0. The molecule has 0 unspecified atom stereocenters. The van der Waals surface area contributed by atoms with Gasteiger partial charge in [0.2, 0.25) is 0 Å². The van der Waals surface area contributed by atoms with Crippen molar-refractivity contribution in [3.8, 4) is 56.0 Å². The van der Waals surface area contributed by atoms with Crippen LogP contribution in [0.5, 0.6) is 11.5 Å². The zero-order chi connectivity index (χ0) is 38.7. The highest BCUT2D eigenvalue weighted by molar-refractivity contribution is 6.11. The maximum atomic E-state index is 6.53. The zero-order valence-corrected chi connectivity index (χ0v) is 31.9. The molecule has 2 heterocycles. The summed E-state index contributed by atoms with van der Waals surface area (Å²) in [4.78, 5) is 0. The summed E-state index contributed by atoms with van der Waals surface area (Å²) < 4.78 is 12.9. The zero-order valence-electron chi connectivity index (χ0n) is 31.9. The first-order valence-electron chi connectivity index (χ1n) is 20.3. The molecule has 2 aliphatic rings. The van der Waals surface area contributed by atoms with Crippen molar-refractivity contribution in [2.24, 2.45) is 0 Å². The fraction of sp³-hybridized carbons (Fsp3) is 0.0175. The van der Waals surface area contributed by atoms with Gasteiger partial charge in [0, 0.05) is 21.7 Å². The molecule has 13 rings (SSSR count). The summed E-state index contributed by atoms with van der Waals surface area (Å²) in [5.74, 6) is 1.80. The first-order chi connectivity index (χ1) is 29.2. The molecule has 2 heteroatoms. The second-order valence-electron chi connectivity index (χ2n) is 15.9. The van der Waals surface area contributed by atoms with Crippen molar-refractivity contribution in [1.29, 1.82) is 0 Å². The van der Waals surface area contributed by atoms with Crippen LogP contribution in [0.3, 0.4) is 0 Å². The van der Waals surface area contributed by atoms with E-state index in [2.05, 4.69) is 200 Å². The van der Waals surface area contributed by atoms with Gasteiger partial charge in [-0.05, 0) is 126 Å². The van der Waals surface area contributed by atoms with Gasteiger partial charge in [-0.15, -0.1) is 0 Å². The standard InChI is InChI=1S/C57H34O2/c1-3-15-40(16-4-1)57(41-17-5-2-6-18-41)49-22-9-7-20-44(49)55-45(38-28-30-51-47(34-38)42-19-8-10-23-50(42)58-51)33-39-26-25-36(31-46(39)56(55)57)37-27-29-52-48(32-37)43-21-11-13-35-14-12-24-53(59-52)54(35)43/h1-34H. The highest BCUT2D eigenvalue weighted by atomic mass is 16.5. The number of para-hydroxylation sites is 1. The van der Waals surface area contributed by atoms with Crippen LogP contribution >= 0.6 is 0 Å². The third-order valence-corrected chi connectivity index (χ3v) is 12.9. The number of ether oxygens (including phenoxy) is 1. The summed E-state index contributed by atoms with van der Waals surface area (Å²) in [5, 5.41) is 7.04. The van der Waals surface area contributed by atoms with Gasteiger partial charge < -0.3 is 9.15 Å². The van der Waals surface area contributed by atoms with E-state index in [0.717, 1.165) is 44.6 Å². The molecule has 1 aliphatic heterocycles. The van der Waals surface area contributed by atoms with Crippen molar-refractivity contribution < 1.29 is 9.15 Å². The Morgan fingerprint density at radius 1 is 0.356 bits per heavy atom. The highest BCUT2D eigenvalue weighted by Crippen LogP contribution is 2.61. The van der Waals surface area contributed by atoms with Gasteiger partial charge in [0.15, 0.2) is 0 Å². The molecule has 0 N–H and O–H groups in total. The van der Waals surface area contributed by atoms with Crippen molar-refractivity contribution in [1.82, 2.24) is 0 Å². The van der Waals surface area contributed by atoms with Gasteiger partial charge in [0.1, 0.15) is 22.7 Å². The Balaban J connectivity index is 1.13. The smallest absolute Gasteiger partial charge is 0.135 e. The number of furan rings is 1.